The van der Waals surface area contributed by atoms with Crippen molar-refractivity contribution < 1.29 is 4.79 Å². The number of carbonyl (C=O) groups is 1. The van der Waals surface area contributed by atoms with E-state index in [0.29, 0.717) is 11.5 Å². The first kappa shape index (κ1) is 11.3. The van der Waals surface area contributed by atoms with Crippen molar-refractivity contribution in [2.24, 2.45) is 16.7 Å². The lowest BCUT2D eigenvalue weighted by molar-refractivity contribution is -0.130. The first-order valence-electron chi connectivity index (χ1n) is 5.80. The molecule has 0 radical (unpaired) electrons. The SMILES string of the molecule is CC1(C)C(=O)C(C#N)=C[C@@]2(C)CNCC[C@H]12. The van der Waals surface area contributed by atoms with E-state index in [0.717, 1.165) is 19.5 Å². The molecular formula is C13H18N2O. The standard InChI is InChI=1S/C13H18N2O/c1-12(2)10-4-5-15-8-13(10,3)6-9(7-14)11(12)16/h6,10,15H,4-5,8H2,1-3H3/t10-,13+/m1/s1. The zero-order valence-electron chi connectivity index (χ0n) is 10.1. The number of hydrogen-bond acceptors (Lipinski definition) is 3. The van der Waals surface area contributed by atoms with Gasteiger partial charge < -0.3 is 5.32 Å². The fraction of sp³-hybridized carbons (Fsp3) is 0.692. The Kier molecular flexibility index (Phi) is 2.43. The van der Waals surface area contributed by atoms with Crippen LogP contribution in [-0.4, -0.2) is 18.9 Å². The molecule has 0 amide bonds. The topological polar surface area (TPSA) is 52.9 Å². The van der Waals surface area contributed by atoms with Crippen molar-refractivity contribution in [1.82, 2.24) is 5.32 Å². The zero-order chi connectivity index (χ0) is 12.0. The van der Waals surface area contributed by atoms with E-state index in [2.05, 4.69) is 18.3 Å². The molecule has 0 spiro atoms. The first-order valence-corrected chi connectivity index (χ1v) is 5.80. The Labute approximate surface area is 96.5 Å². The Balaban J connectivity index is 2.53. The van der Waals surface area contributed by atoms with Gasteiger partial charge >= 0.3 is 0 Å². The molecule has 2 atom stereocenters. The Morgan fingerprint density at radius 1 is 1.50 bits per heavy atom. The second-order valence-electron chi connectivity index (χ2n) is 5.74. The van der Waals surface area contributed by atoms with Crippen molar-refractivity contribution in [2.45, 2.75) is 27.2 Å². The molecule has 86 valence electrons. The highest BCUT2D eigenvalue weighted by atomic mass is 16.1. The highest BCUT2D eigenvalue weighted by Gasteiger charge is 2.51. The molecule has 2 rings (SSSR count). The predicted octanol–water partition coefficient (Wildman–Crippen LogP) is 1.66. The number of hydrogen-bond donors (Lipinski definition) is 1. The van der Waals surface area contributed by atoms with Gasteiger partial charge in [0.15, 0.2) is 5.78 Å². The Morgan fingerprint density at radius 2 is 2.19 bits per heavy atom. The first-order chi connectivity index (χ1) is 7.42. The van der Waals surface area contributed by atoms with Crippen LogP contribution >= 0.6 is 0 Å². The molecule has 0 bridgehead atoms. The number of piperidine rings is 1. The third-order valence-corrected chi connectivity index (χ3v) is 4.21. The van der Waals surface area contributed by atoms with Gasteiger partial charge in [0, 0.05) is 17.4 Å². The number of carbonyl (C=O) groups excluding carboxylic acids is 1. The number of nitrogens with one attached hydrogen (secondary N) is 1. The minimum absolute atomic E-state index is 0.0133. The van der Waals surface area contributed by atoms with E-state index in [1.54, 1.807) is 0 Å². The molecule has 0 aromatic rings. The van der Waals surface area contributed by atoms with E-state index >= 15 is 0 Å². The summed E-state index contributed by atoms with van der Waals surface area (Å²) in [5.41, 5.74) is -0.121. The van der Waals surface area contributed by atoms with Gasteiger partial charge in [-0.15, -0.1) is 0 Å². The third kappa shape index (κ3) is 1.41. The largest absolute Gasteiger partial charge is 0.316 e. The summed E-state index contributed by atoms with van der Waals surface area (Å²) < 4.78 is 0. The molecule has 0 saturated carbocycles. The fourth-order valence-electron chi connectivity index (χ4n) is 3.38. The van der Waals surface area contributed by atoms with Crippen LogP contribution in [0, 0.1) is 28.1 Å². The predicted molar refractivity (Wildman–Crippen MR) is 61.6 cm³/mol. The zero-order valence-corrected chi connectivity index (χ0v) is 10.1. The average molecular weight is 218 g/mol. The van der Waals surface area contributed by atoms with Crippen molar-refractivity contribution in [3.63, 3.8) is 0 Å². The maximum atomic E-state index is 12.2. The van der Waals surface area contributed by atoms with E-state index < -0.39 is 5.41 Å². The lowest BCUT2D eigenvalue weighted by Gasteiger charge is -2.50. The van der Waals surface area contributed by atoms with E-state index in [9.17, 15) is 4.79 Å². The Hall–Kier alpha value is -1.14. The summed E-state index contributed by atoms with van der Waals surface area (Å²) in [6.45, 7) is 7.93. The van der Waals surface area contributed by atoms with Crippen LogP contribution in [0.5, 0.6) is 0 Å². The molecule has 1 saturated heterocycles. The van der Waals surface area contributed by atoms with Crippen LogP contribution in [0.2, 0.25) is 0 Å². The van der Waals surface area contributed by atoms with Gasteiger partial charge in [-0.3, -0.25) is 4.79 Å². The number of nitrogens with zero attached hydrogens (tertiary/aromatic N) is 1. The number of nitriles is 1. The minimum atomic E-state index is -0.406. The molecule has 1 fully saturated rings. The summed E-state index contributed by atoms with van der Waals surface area (Å²) >= 11 is 0. The molecule has 2 aliphatic rings. The van der Waals surface area contributed by atoms with Crippen LogP contribution in [0.3, 0.4) is 0 Å². The molecule has 1 heterocycles. The van der Waals surface area contributed by atoms with Gasteiger partial charge in [0.2, 0.25) is 0 Å². The summed E-state index contributed by atoms with van der Waals surface area (Å²) in [5.74, 6) is 0.352. The number of Topliss-reactive ketones (excluding diaryl/α,β-unsaturated/α-hetero) is 1. The number of allylic oxidation sites excluding steroid dienone is 1. The molecule has 1 aliphatic heterocycles. The van der Waals surface area contributed by atoms with Gasteiger partial charge in [-0.1, -0.05) is 26.8 Å². The van der Waals surface area contributed by atoms with Gasteiger partial charge in [0.1, 0.15) is 6.07 Å². The molecule has 16 heavy (non-hydrogen) atoms. The molecule has 0 aromatic heterocycles. The van der Waals surface area contributed by atoms with Crippen LogP contribution < -0.4 is 5.32 Å². The lowest BCUT2D eigenvalue weighted by Crippen LogP contribution is -2.54. The van der Waals surface area contributed by atoms with Crippen molar-refractivity contribution in [1.29, 1.82) is 5.26 Å². The van der Waals surface area contributed by atoms with Crippen LogP contribution in [0.25, 0.3) is 0 Å². The van der Waals surface area contributed by atoms with Crippen molar-refractivity contribution in [3.05, 3.63) is 11.6 Å². The quantitative estimate of drug-likeness (QED) is 0.672. The molecule has 1 N–H and O–H groups in total. The fourth-order valence-corrected chi connectivity index (χ4v) is 3.38. The average Bonchev–Trinajstić information content (AvgIpc) is 2.24. The van der Waals surface area contributed by atoms with Gasteiger partial charge in [0.25, 0.3) is 0 Å². The maximum Gasteiger partial charge on any atom is 0.178 e. The van der Waals surface area contributed by atoms with Crippen LogP contribution in [0.1, 0.15) is 27.2 Å². The second kappa shape index (κ2) is 3.43. The highest BCUT2D eigenvalue weighted by molar-refractivity contribution is 6.04. The van der Waals surface area contributed by atoms with E-state index in [1.165, 1.54) is 0 Å². The van der Waals surface area contributed by atoms with E-state index in [1.807, 2.05) is 19.9 Å². The Morgan fingerprint density at radius 3 is 2.81 bits per heavy atom. The van der Waals surface area contributed by atoms with Gasteiger partial charge in [-0.25, -0.2) is 0 Å². The summed E-state index contributed by atoms with van der Waals surface area (Å²) in [6, 6.07) is 2.05. The summed E-state index contributed by atoms with van der Waals surface area (Å²) in [6.07, 6.45) is 2.89. The van der Waals surface area contributed by atoms with Crippen molar-refractivity contribution in [2.75, 3.05) is 13.1 Å². The van der Waals surface area contributed by atoms with Crippen molar-refractivity contribution in [3.8, 4) is 6.07 Å². The number of rotatable bonds is 0. The molecule has 0 aromatic carbocycles. The molecule has 3 nitrogen and oxygen atoms in total. The van der Waals surface area contributed by atoms with E-state index in [4.69, 9.17) is 5.26 Å². The van der Waals surface area contributed by atoms with E-state index in [-0.39, 0.29) is 11.2 Å². The molecule has 1 aliphatic carbocycles. The molecule has 3 heteroatoms. The molecular weight excluding hydrogens is 200 g/mol. The maximum absolute atomic E-state index is 12.2. The number of fused-ring (bicyclic) bond motifs is 1. The summed E-state index contributed by atoms with van der Waals surface area (Å²) in [5, 5.41) is 12.4. The highest BCUT2D eigenvalue weighted by Crippen LogP contribution is 2.50. The van der Waals surface area contributed by atoms with Crippen LogP contribution in [0.15, 0.2) is 11.6 Å². The lowest BCUT2D eigenvalue weighted by atomic mass is 9.55. The van der Waals surface area contributed by atoms with Crippen molar-refractivity contribution >= 4 is 5.78 Å². The number of ketones is 1. The summed E-state index contributed by atoms with van der Waals surface area (Å²) in [7, 11) is 0. The second-order valence-corrected chi connectivity index (χ2v) is 5.74. The minimum Gasteiger partial charge on any atom is -0.316 e. The summed E-state index contributed by atoms with van der Waals surface area (Å²) in [4.78, 5) is 12.2. The van der Waals surface area contributed by atoms with Gasteiger partial charge in [0.05, 0.1) is 5.57 Å². The smallest absolute Gasteiger partial charge is 0.178 e. The van der Waals surface area contributed by atoms with Crippen LogP contribution in [-0.2, 0) is 4.79 Å². The van der Waals surface area contributed by atoms with Gasteiger partial charge in [-0.05, 0) is 18.9 Å². The normalized spacial score (nSPS) is 37.2. The third-order valence-electron chi connectivity index (χ3n) is 4.21. The molecule has 0 unspecified atom stereocenters. The Bertz CT molecular complexity index is 403. The van der Waals surface area contributed by atoms with Gasteiger partial charge in [-0.2, -0.15) is 5.26 Å². The van der Waals surface area contributed by atoms with Crippen LogP contribution in [0.4, 0.5) is 0 Å². The monoisotopic (exact) mass is 218 g/mol.